The first-order valence-corrected chi connectivity index (χ1v) is 8.19. The van der Waals surface area contributed by atoms with E-state index in [-0.39, 0.29) is 11.9 Å². The molecule has 2 atom stereocenters. The first-order valence-electron chi connectivity index (χ1n) is 8.19. The number of nitrogens with one attached hydrogen (secondary N) is 2. The van der Waals surface area contributed by atoms with Gasteiger partial charge >= 0.3 is 0 Å². The van der Waals surface area contributed by atoms with Gasteiger partial charge < -0.3 is 15.5 Å². The number of fused-ring (bicyclic) bond motifs is 1. The molecule has 0 aliphatic carbocycles. The zero-order chi connectivity index (χ0) is 14.7. The SMILES string of the molecule is CCC1CCCCCN1C(=O)C1CNc2ccccc2N1. The molecule has 0 radical (unpaired) electrons. The Morgan fingerprint density at radius 2 is 2.05 bits per heavy atom. The smallest absolute Gasteiger partial charge is 0.247 e. The largest absolute Gasteiger partial charge is 0.381 e. The molecule has 2 aliphatic heterocycles. The van der Waals surface area contributed by atoms with Crippen LogP contribution in [0.1, 0.15) is 39.0 Å². The minimum Gasteiger partial charge on any atom is -0.381 e. The van der Waals surface area contributed by atoms with E-state index in [1.165, 1.54) is 12.8 Å². The minimum absolute atomic E-state index is 0.146. The van der Waals surface area contributed by atoms with E-state index >= 15 is 0 Å². The zero-order valence-corrected chi connectivity index (χ0v) is 12.8. The molecule has 1 fully saturated rings. The summed E-state index contributed by atoms with van der Waals surface area (Å²) in [5.74, 6) is 0.255. The van der Waals surface area contributed by atoms with Crippen LogP contribution in [0.4, 0.5) is 11.4 Å². The Morgan fingerprint density at radius 3 is 2.86 bits per heavy atom. The molecule has 0 aromatic heterocycles. The predicted molar refractivity (Wildman–Crippen MR) is 86.6 cm³/mol. The highest BCUT2D eigenvalue weighted by molar-refractivity contribution is 5.89. The topological polar surface area (TPSA) is 44.4 Å². The maximum atomic E-state index is 12.9. The number of likely N-dealkylation sites (tertiary alicyclic amines) is 1. The molecule has 1 aromatic rings. The Balaban J connectivity index is 1.73. The lowest BCUT2D eigenvalue weighted by atomic mass is 10.1. The van der Waals surface area contributed by atoms with Crippen LogP contribution < -0.4 is 10.6 Å². The molecule has 1 aromatic carbocycles. The molecule has 3 rings (SSSR count). The van der Waals surface area contributed by atoms with Gasteiger partial charge in [-0.3, -0.25) is 4.79 Å². The van der Waals surface area contributed by atoms with E-state index < -0.39 is 0 Å². The molecule has 2 N–H and O–H groups in total. The van der Waals surface area contributed by atoms with Gasteiger partial charge in [-0.2, -0.15) is 0 Å². The zero-order valence-electron chi connectivity index (χ0n) is 12.8. The second-order valence-corrected chi connectivity index (χ2v) is 6.07. The predicted octanol–water partition coefficient (Wildman–Crippen LogP) is 3.07. The second kappa shape index (κ2) is 6.37. The summed E-state index contributed by atoms with van der Waals surface area (Å²) < 4.78 is 0. The van der Waals surface area contributed by atoms with Gasteiger partial charge in [-0.15, -0.1) is 0 Å². The van der Waals surface area contributed by atoms with Crippen molar-refractivity contribution in [2.45, 2.75) is 51.1 Å². The molecule has 4 nitrogen and oxygen atoms in total. The summed E-state index contributed by atoms with van der Waals surface area (Å²) in [5, 5.41) is 6.78. The lowest BCUT2D eigenvalue weighted by Crippen LogP contribution is -2.51. The van der Waals surface area contributed by atoms with Crippen molar-refractivity contribution in [2.75, 3.05) is 23.7 Å². The molecule has 21 heavy (non-hydrogen) atoms. The van der Waals surface area contributed by atoms with E-state index in [0.29, 0.717) is 12.6 Å². The molecule has 1 amide bonds. The van der Waals surface area contributed by atoms with Crippen molar-refractivity contribution in [3.63, 3.8) is 0 Å². The van der Waals surface area contributed by atoms with E-state index in [0.717, 1.165) is 37.2 Å². The van der Waals surface area contributed by atoms with Crippen LogP contribution in [0.5, 0.6) is 0 Å². The van der Waals surface area contributed by atoms with Crippen LogP contribution in [0.25, 0.3) is 0 Å². The third-order valence-corrected chi connectivity index (χ3v) is 4.68. The van der Waals surface area contributed by atoms with Gasteiger partial charge in [-0.05, 0) is 31.4 Å². The Hall–Kier alpha value is -1.71. The first-order chi connectivity index (χ1) is 10.3. The molecule has 114 valence electrons. The fourth-order valence-corrected chi connectivity index (χ4v) is 3.46. The van der Waals surface area contributed by atoms with E-state index in [1.54, 1.807) is 0 Å². The summed E-state index contributed by atoms with van der Waals surface area (Å²) in [7, 11) is 0. The molecular weight excluding hydrogens is 262 g/mol. The Labute approximate surface area is 126 Å². The Bertz CT molecular complexity index is 503. The molecule has 4 heteroatoms. The number of nitrogens with zero attached hydrogens (tertiary/aromatic N) is 1. The monoisotopic (exact) mass is 287 g/mol. The van der Waals surface area contributed by atoms with Gasteiger partial charge in [0.05, 0.1) is 11.4 Å². The van der Waals surface area contributed by atoms with E-state index in [2.05, 4.69) is 22.5 Å². The average molecular weight is 287 g/mol. The first kappa shape index (κ1) is 14.2. The van der Waals surface area contributed by atoms with Crippen LogP contribution in [-0.4, -0.2) is 36.0 Å². The number of amides is 1. The quantitative estimate of drug-likeness (QED) is 0.878. The van der Waals surface area contributed by atoms with Gasteiger partial charge in [0.25, 0.3) is 0 Å². The molecule has 2 unspecified atom stereocenters. The van der Waals surface area contributed by atoms with Crippen molar-refractivity contribution >= 4 is 17.3 Å². The molecule has 0 bridgehead atoms. The van der Waals surface area contributed by atoms with Crippen LogP contribution in [0, 0.1) is 0 Å². The fourth-order valence-electron chi connectivity index (χ4n) is 3.46. The third-order valence-electron chi connectivity index (χ3n) is 4.68. The van der Waals surface area contributed by atoms with Crippen molar-refractivity contribution < 1.29 is 4.79 Å². The van der Waals surface area contributed by atoms with Crippen molar-refractivity contribution in [3.05, 3.63) is 24.3 Å². The summed E-state index contributed by atoms with van der Waals surface area (Å²) >= 11 is 0. The minimum atomic E-state index is -0.146. The fraction of sp³-hybridized carbons (Fsp3) is 0.588. The van der Waals surface area contributed by atoms with Gasteiger partial charge in [0.15, 0.2) is 0 Å². The summed E-state index contributed by atoms with van der Waals surface area (Å²) in [6, 6.07) is 8.36. The van der Waals surface area contributed by atoms with Gasteiger partial charge in [-0.25, -0.2) is 0 Å². The van der Waals surface area contributed by atoms with Crippen LogP contribution in [0.2, 0.25) is 0 Å². The molecule has 0 saturated carbocycles. The number of hydrogen-bond donors (Lipinski definition) is 2. The molecule has 0 spiro atoms. The number of hydrogen-bond acceptors (Lipinski definition) is 3. The standard InChI is InChI=1S/C17H25N3O/c1-2-13-8-4-3-7-11-20(13)17(21)16-12-18-14-9-5-6-10-15(14)19-16/h5-6,9-10,13,16,18-19H,2-4,7-8,11-12H2,1H3. The average Bonchev–Trinajstić information content (AvgIpc) is 2.79. The van der Waals surface area contributed by atoms with E-state index in [9.17, 15) is 4.79 Å². The highest BCUT2D eigenvalue weighted by Gasteiger charge is 2.31. The lowest BCUT2D eigenvalue weighted by molar-refractivity contribution is -0.134. The summed E-state index contributed by atoms with van der Waals surface area (Å²) in [6.45, 7) is 3.78. The van der Waals surface area contributed by atoms with Crippen LogP contribution >= 0.6 is 0 Å². The van der Waals surface area contributed by atoms with Gasteiger partial charge in [0, 0.05) is 19.1 Å². The Morgan fingerprint density at radius 1 is 1.24 bits per heavy atom. The third kappa shape index (κ3) is 2.99. The number of anilines is 2. The van der Waals surface area contributed by atoms with E-state index in [4.69, 9.17) is 0 Å². The highest BCUT2D eigenvalue weighted by atomic mass is 16.2. The number of carbonyl (C=O) groups is 1. The van der Waals surface area contributed by atoms with Crippen LogP contribution in [-0.2, 0) is 4.79 Å². The van der Waals surface area contributed by atoms with Crippen molar-refractivity contribution in [1.29, 1.82) is 0 Å². The summed E-state index contributed by atoms with van der Waals surface area (Å²) in [4.78, 5) is 15.0. The number of para-hydroxylation sites is 2. The maximum Gasteiger partial charge on any atom is 0.247 e. The van der Waals surface area contributed by atoms with Crippen LogP contribution in [0.15, 0.2) is 24.3 Å². The van der Waals surface area contributed by atoms with Gasteiger partial charge in [-0.1, -0.05) is 31.9 Å². The summed E-state index contributed by atoms with van der Waals surface area (Å²) in [5.41, 5.74) is 2.12. The van der Waals surface area contributed by atoms with Crippen molar-refractivity contribution in [3.8, 4) is 0 Å². The lowest BCUT2D eigenvalue weighted by Gasteiger charge is -2.35. The summed E-state index contributed by atoms with van der Waals surface area (Å²) in [6.07, 6.45) is 5.85. The number of rotatable bonds is 2. The van der Waals surface area contributed by atoms with E-state index in [1.807, 2.05) is 24.3 Å². The number of carbonyl (C=O) groups excluding carboxylic acids is 1. The second-order valence-electron chi connectivity index (χ2n) is 6.07. The van der Waals surface area contributed by atoms with Gasteiger partial charge in [0.1, 0.15) is 6.04 Å². The normalized spacial score (nSPS) is 25.3. The maximum absolute atomic E-state index is 12.9. The van der Waals surface area contributed by atoms with Gasteiger partial charge in [0.2, 0.25) is 5.91 Å². The Kier molecular flexibility index (Phi) is 4.32. The van der Waals surface area contributed by atoms with Crippen molar-refractivity contribution in [1.82, 2.24) is 4.90 Å². The molecular formula is C17H25N3O. The highest BCUT2D eigenvalue weighted by Crippen LogP contribution is 2.27. The molecule has 2 aliphatic rings. The molecule has 2 heterocycles. The van der Waals surface area contributed by atoms with Crippen molar-refractivity contribution in [2.24, 2.45) is 0 Å². The number of benzene rings is 1. The van der Waals surface area contributed by atoms with Crippen LogP contribution in [0.3, 0.4) is 0 Å². The molecule has 1 saturated heterocycles.